The highest BCUT2D eigenvalue weighted by atomic mass is 19.1. The molecule has 1 amide bonds. The van der Waals surface area contributed by atoms with Crippen LogP contribution in [-0.4, -0.2) is 12.7 Å². The molecular formula is C16H12FNO3. The molecule has 2 aromatic rings. The minimum absolute atomic E-state index is 0.151. The molecule has 1 aliphatic rings. The molecule has 0 spiro atoms. The molecule has 0 unspecified atom stereocenters. The molecule has 0 fully saturated rings. The fraction of sp³-hybridized carbons (Fsp3) is 0.0625. The number of rotatable bonds is 3. The average molecular weight is 285 g/mol. The van der Waals surface area contributed by atoms with Gasteiger partial charge < -0.3 is 14.8 Å². The zero-order chi connectivity index (χ0) is 14.7. The molecule has 2 aromatic carbocycles. The first-order chi connectivity index (χ1) is 10.2. The SMILES string of the molecule is O=C(/C=C/c1ccc2c(c1)OCO2)Nc1ccccc1F. The number of carbonyl (C=O) groups excluding carboxylic acids is 1. The van der Waals surface area contributed by atoms with Gasteiger partial charge in [-0.3, -0.25) is 4.79 Å². The van der Waals surface area contributed by atoms with E-state index in [1.54, 1.807) is 36.4 Å². The van der Waals surface area contributed by atoms with Gasteiger partial charge in [0.15, 0.2) is 11.5 Å². The molecule has 4 nitrogen and oxygen atoms in total. The summed E-state index contributed by atoms with van der Waals surface area (Å²) < 4.78 is 23.8. The van der Waals surface area contributed by atoms with Crippen molar-refractivity contribution in [2.24, 2.45) is 0 Å². The number of ether oxygens (including phenoxy) is 2. The third kappa shape index (κ3) is 3.02. The highest BCUT2D eigenvalue weighted by Crippen LogP contribution is 2.32. The van der Waals surface area contributed by atoms with Crippen molar-refractivity contribution in [1.82, 2.24) is 0 Å². The average Bonchev–Trinajstić information content (AvgIpc) is 2.95. The molecule has 21 heavy (non-hydrogen) atoms. The fourth-order valence-corrected chi connectivity index (χ4v) is 1.93. The number of anilines is 1. The van der Waals surface area contributed by atoms with E-state index in [4.69, 9.17) is 9.47 Å². The second-order valence-electron chi connectivity index (χ2n) is 4.42. The molecule has 1 N–H and O–H groups in total. The molecule has 1 heterocycles. The van der Waals surface area contributed by atoms with Crippen molar-refractivity contribution in [2.75, 3.05) is 12.1 Å². The molecule has 3 rings (SSSR count). The van der Waals surface area contributed by atoms with Crippen molar-refractivity contribution < 1.29 is 18.7 Å². The maximum absolute atomic E-state index is 13.4. The Hall–Kier alpha value is -2.82. The molecule has 0 aliphatic carbocycles. The molecule has 0 saturated carbocycles. The number of nitrogens with one attached hydrogen (secondary N) is 1. The lowest BCUT2D eigenvalue weighted by atomic mass is 10.2. The zero-order valence-corrected chi connectivity index (χ0v) is 11.0. The van der Waals surface area contributed by atoms with Crippen LogP contribution >= 0.6 is 0 Å². The Labute approximate surface area is 120 Å². The fourth-order valence-electron chi connectivity index (χ4n) is 1.93. The summed E-state index contributed by atoms with van der Waals surface area (Å²) in [5, 5.41) is 2.48. The number of hydrogen-bond acceptors (Lipinski definition) is 3. The van der Waals surface area contributed by atoms with E-state index in [1.807, 2.05) is 0 Å². The molecular weight excluding hydrogens is 273 g/mol. The highest BCUT2D eigenvalue weighted by Gasteiger charge is 2.12. The van der Waals surface area contributed by atoms with Crippen LogP contribution in [0.2, 0.25) is 0 Å². The third-order valence-electron chi connectivity index (χ3n) is 2.96. The van der Waals surface area contributed by atoms with Crippen LogP contribution < -0.4 is 14.8 Å². The summed E-state index contributed by atoms with van der Waals surface area (Å²) in [6.07, 6.45) is 2.96. The summed E-state index contributed by atoms with van der Waals surface area (Å²) in [5.74, 6) is 0.453. The van der Waals surface area contributed by atoms with Gasteiger partial charge in [-0.05, 0) is 35.9 Å². The third-order valence-corrected chi connectivity index (χ3v) is 2.96. The van der Waals surface area contributed by atoms with Crippen LogP contribution in [0, 0.1) is 5.82 Å². The van der Waals surface area contributed by atoms with Crippen LogP contribution in [0.1, 0.15) is 5.56 Å². The first-order valence-corrected chi connectivity index (χ1v) is 6.35. The van der Waals surface area contributed by atoms with Gasteiger partial charge in [0.25, 0.3) is 0 Å². The maximum atomic E-state index is 13.4. The smallest absolute Gasteiger partial charge is 0.248 e. The number of halogens is 1. The van der Waals surface area contributed by atoms with Crippen molar-refractivity contribution >= 4 is 17.7 Å². The van der Waals surface area contributed by atoms with Crippen molar-refractivity contribution in [3.8, 4) is 11.5 Å². The number of benzene rings is 2. The monoisotopic (exact) mass is 285 g/mol. The molecule has 0 saturated heterocycles. The first-order valence-electron chi connectivity index (χ1n) is 6.35. The van der Waals surface area contributed by atoms with Gasteiger partial charge in [0.1, 0.15) is 5.82 Å². The van der Waals surface area contributed by atoms with Crippen LogP contribution in [0.4, 0.5) is 10.1 Å². The Morgan fingerprint density at radius 1 is 1.14 bits per heavy atom. The van der Waals surface area contributed by atoms with Gasteiger partial charge in [0, 0.05) is 6.08 Å². The van der Waals surface area contributed by atoms with Gasteiger partial charge in [-0.1, -0.05) is 18.2 Å². The van der Waals surface area contributed by atoms with Crippen LogP contribution in [-0.2, 0) is 4.79 Å². The van der Waals surface area contributed by atoms with E-state index in [0.29, 0.717) is 11.5 Å². The predicted octanol–water partition coefficient (Wildman–Crippen LogP) is 3.21. The van der Waals surface area contributed by atoms with Crippen molar-refractivity contribution in [1.29, 1.82) is 0 Å². The molecule has 1 aliphatic heterocycles. The molecule has 0 radical (unpaired) electrons. The number of carbonyl (C=O) groups is 1. The van der Waals surface area contributed by atoms with Crippen LogP contribution in [0.3, 0.4) is 0 Å². The van der Waals surface area contributed by atoms with E-state index in [-0.39, 0.29) is 12.5 Å². The van der Waals surface area contributed by atoms with Crippen molar-refractivity contribution in [3.05, 3.63) is 59.9 Å². The van der Waals surface area contributed by atoms with E-state index >= 15 is 0 Å². The number of amides is 1. The quantitative estimate of drug-likeness (QED) is 0.881. The second-order valence-corrected chi connectivity index (χ2v) is 4.42. The highest BCUT2D eigenvalue weighted by molar-refractivity contribution is 6.02. The number of fused-ring (bicyclic) bond motifs is 1. The van der Waals surface area contributed by atoms with E-state index in [1.165, 1.54) is 18.2 Å². The molecule has 0 bridgehead atoms. The summed E-state index contributed by atoms with van der Waals surface area (Å²) >= 11 is 0. The lowest BCUT2D eigenvalue weighted by Crippen LogP contribution is -2.08. The molecule has 0 aromatic heterocycles. The van der Waals surface area contributed by atoms with Crippen LogP contribution in [0.25, 0.3) is 6.08 Å². The predicted molar refractivity (Wildman–Crippen MR) is 76.6 cm³/mol. The Bertz CT molecular complexity index is 712. The van der Waals surface area contributed by atoms with Gasteiger partial charge in [-0.25, -0.2) is 4.39 Å². The van der Waals surface area contributed by atoms with Gasteiger partial charge in [-0.15, -0.1) is 0 Å². The minimum Gasteiger partial charge on any atom is -0.454 e. The lowest BCUT2D eigenvalue weighted by molar-refractivity contribution is -0.111. The summed E-state index contributed by atoms with van der Waals surface area (Å²) in [7, 11) is 0. The zero-order valence-electron chi connectivity index (χ0n) is 11.0. The van der Waals surface area contributed by atoms with E-state index in [9.17, 15) is 9.18 Å². The Morgan fingerprint density at radius 2 is 1.95 bits per heavy atom. The molecule has 106 valence electrons. The normalized spacial score (nSPS) is 12.6. The van der Waals surface area contributed by atoms with Crippen LogP contribution in [0.5, 0.6) is 11.5 Å². The summed E-state index contributed by atoms with van der Waals surface area (Å²) in [5.41, 5.74) is 0.945. The Kier molecular flexibility index (Phi) is 3.55. The van der Waals surface area contributed by atoms with E-state index in [2.05, 4.69) is 5.32 Å². The molecule has 5 heteroatoms. The standard InChI is InChI=1S/C16H12FNO3/c17-12-3-1-2-4-13(12)18-16(19)8-6-11-5-7-14-15(9-11)21-10-20-14/h1-9H,10H2,(H,18,19)/b8-6+. The van der Waals surface area contributed by atoms with Crippen molar-refractivity contribution in [3.63, 3.8) is 0 Å². The lowest BCUT2D eigenvalue weighted by Gasteiger charge is -2.03. The topological polar surface area (TPSA) is 47.6 Å². The minimum atomic E-state index is -0.470. The number of para-hydroxylation sites is 1. The largest absolute Gasteiger partial charge is 0.454 e. The summed E-state index contributed by atoms with van der Waals surface area (Å²) in [6, 6.07) is 11.4. The Balaban J connectivity index is 1.68. The second kappa shape index (κ2) is 5.66. The maximum Gasteiger partial charge on any atom is 0.248 e. The summed E-state index contributed by atoms with van der Waals surface area (Å²) in [4.78, 5) is 11.8. The van der Waals surface area contributed by atoms with Gasteiger partial charge in [0.2, 0.25) is 12.7 Å². The summed E-state index contributed by atoms with van der Waals surface area (Å²) in [6.45, 7) is 0.205. The first kappa shape index (κ1) is 13.2. The van der Waals surface area contributed by atoms with E-state index < -0.39 is 11.7 Å². The van der Waals surface area contributed by atoms with Gasteiger partial charge >= 0.3 is 0 Å². The van der Waals surface area contributed by atoms with Gasteiger partial charge in [-0.2, -0.15) is 0 Å². The van der Waals surface area contributed by atoms with Gasteiger partial charge in [0.05, 0.1) is 5.69 Å². The van der Waals surface area contributed by atoms with Crippen molar-refractivity contribution in [2.45, 2.75) is 0 Å². The number of hydrogen-bond donors (Lipinski definition) is 1. The Morgan fingerprint density at radius 3 is 2.81 bits per heavy atom. The van der Waals surface area contributed by atoms with Crippen LogP contribution in [0.15, 0.2) is 48.5 Å². The van der Waals surface area contributed by atoms with E-state index in [0.717, 1.165) is 5.56 Å². The molecule has 0 atom stereocenters.